The first-order chi connectivity index (χ1) is 24.6. The number of nitrogens with zero attached hydrogens (tertiary/aromatic N) is 5. The predicted octanol–water partition coefficient (Wildman–Crippen LogP) is 3.16. The van der Waals surface area contributed by atoms with Crippen LogP contribution in [0.5, 0.6) is 0 Å². The topological polar surface area (TPSA) is 156 Å². The van der Waals surface area contributed by atoms with Gasteiger partial charge in [-0.1, -0.05) is 73.7 Å². The van der Waals surface area contributed by atoms with Crippen LogP contribution in [-0.4, -0.2) is 97.1 Å². The number of carbonyl (C=O) groups is 4. The maximum Gasteiger partial charge on any atom is 0.306 e. The summed E-state index contributed by atoms with van der Waals surface area (Å²) in [6, 6.07) is 14.1. The number of rotatable bonds is 16. The summed E-state index contributed by atoms with van der Waals surface area (Å²) in [7, 11) is 0. The number of likely N-dealkylation sites (tertiary alicyclic amines) is 1. The van der Waals surface area contributed by atoms with Crippen LogP contribution in [0.3, 0.4) is 0 Å². The minimum atomic E-state index is -1.30. The summed E-state index contributed by atoms with van der Waals surface area (Å²) in [5.74, 6) is -3.72. The van der Waals surface area contributed by atoms with Crippen molar-refractivity contribution in [2.24, 2.45) is 17.8 Å². The lowest BCUT2D eigenvalue weighted by atomic mass is 9.70. The molecular weight excluding hydrogens is 652 g/mol. The van der Waals surface area contributed by atoms with E-state index >= 15 is 0 Å². The van der Waals surface area contributed by atoms with E-state index < -0.39 is 59.5 Å². The fraction of sp³-hybridized carbons (Fsp3) is 0.474. The molecule has 3 fully saturated rings. The number of aliphatic hydroxyl groups excluding tert-OH is 1. The van der Waals surface area contributed by atoms with Crippen LogP contribution in [0.1, 0.15) is 51.1 Å². The third-order valence-electron chi connectivity index (χ3n) is 10.5. The Morgan fingerprint density at radius 1 is 1.14 bits per heavy atom. The van der Waals surface area contributed by atoms with E-state index in [0.29, 0.717) is 24.8 Å². The summed E-state index contributed by atoms with van der Waals surface area (Å²) in [4.78, 5) is 59.4. The molecule has 270 valence electrons. The quantitative estimate of drug-likeness (QED) is 0.170. The first-order valence-electron chi connectivity index (χ1n) is 17.6. The molecule has 3 aromatic rings. The second kappa shape index (κ2) is 15.2. The number of hydrogen-bond acceptors (Lipinski definition) is 9. The van der Waals surface area contributed by atoms with Crippen LogP contribution < -0.4 is 5.32 Å². The van der Waals surface area contributed by atoms with Gasteiger partial charge in [-0.05, 0) is 42.9 Å². The number of carbonyl (C=O) groups excluding carboxylic acids is 4. The molecule has 13 heteroatoms. The number of aromatic nitrogens is 3. The Morgan fingerprint density at radius 3 is 2.59 bits per heavy atom. The molecule has 1 aromatic heterocycles. The van der Waals surface area contributed by atoms with Gasteiger partial charge in [-0.3, -0.25) is 19.2 Å². The van der Waals surface area contributed by atoms with Gasteiger partial charge < -0.3 is 29.7 Å². The molecule has 2 aromatic carbocycles. The molecule has 0 unspecified atom stereocenters. The van der Waals surface area contributed by atoms with E-state index in [1.165, 1.54) is 4.90 Å². The summed E-state index contributed by atoms with van der Waals surface area (Å²) >= 11 is 0. The van der Waals surface area contributed by atoms with E-state index in [0.717, 1.165) is 11.1 Å². The maximum absolute atomic E-state index is 14.9. The highest BCUT2D eigenvalue weighted by Crippen LogP contribution is 2.59. The van der Waals surface area contributed by atoms with Gasteiger partial charge in [-0.25, -0.2) is 4.68 Å². The van der Waals surface area contributed by atoms with Crippen molar-refractivity contribution in [2.45, 2.75) is 76.0 Å². The highest BCUT2D eigenvalue weighted by atomic mass is 16.5. The summed E-state index contributed by atoms with van der Waals surface area (Å²) in [6.45, 7) is 11.0. The number of amides is 3. The molecule has 51 heavy (non-hydrogen) atoms. The highest BCUT2D eigenvalue weighted by Gasteiger charge is 2.75. The smallest absolute Gasteiger partial charge is 0.306 e. The van der Waals surface area contributed by atoms with Crippen molar-refractivity contribution < 1.29 is 33.8 Å². The van der Waals surface area contributed by atoms with Gasteiger partial charge in [0.05, 0.1) is 42.1 Å². The molecule has 3 aliphatic heterocycles. The molecule has 3 amide bonds. The molecule has 6 rings (SSSR count). The van der Waals surface area contributed by atoms with Gasteiger partial charge in [0.25, 0.3) is 0 Å². The van der Waals surface area contributed by atoms with E-state index in [9.17, 15) is 24.3 Å². The number of allylic oxidation sites excluding steroid dienone is 1. The van der Waals surface area contributed by atoms with Crippen molar-refractivity contribution in [3.05, 3.63) is 85.5 Å². The van der Waals surface area contributed by atoms with Crippen molar-refractivity contribution in [3.63, 3.8) is 0 Å². The van der Waals surface area contributed by atoms with Crippen LogP contribution in [0.2, 0.25) is 0 Å². The van der Waals surface area contributed by atoms with Crippen LogP contribution in [0, 0.1) is 17.8 Å². The van der Waals surface area contributed by atoms with E-state index in [4.69, 9.17) is 9.47 Å². The summed E-state index contributed by atoms with van der Waals surface area (Å²) < 4.78 is 13.8. The van der Waals surface area contributed by atoms with Crippen molar-refractivity contribution in [1.29, 1.82) is 0 Å². The number of esters is 1. The van der Waals surface area contributed by atoms with Gasteiger partial charge in [0.2, 0.25) is 17.7 Å². The molecule has 13 nitrogen and oxygen atoms in total. The molecule has 1 spiro atoms. The molecule has 4 heterocycles. The zero-order valence-electron chi connectivity index (χ0n) is 29.1. The average Bonchev–Trinajstić information content (AvgIpc) is 3.89. The first-order valence-corrected chi connectivity index (χ1v) is 17.6. The molecule has 0 saturated carbocycles. The number of nitrogens with one attached hydrogen (secondary N) is 1. The highest BCUT2D eigenvalue weighted by molar-refractivity contribution is 5.99. The Morgan fingerprint density at radius 2 is 1.88 bits per heavy atom. The fourth-order valence-electron chi connectivity index (χ4n) is 8.02. The molecular formula is C38H46N6O7. The Hall–Kier alpha value is -4.88. The van der Waals surface area contributed by atoms with Crippen molar-refractivity contribution in [3.8, 4) is 0 Å². The average molecular weight is 699 g/mol. The number of hydrogen-bond donors (Lipinski definition) is 2. The summed E-state index contributed by atoms with van der Waals surface area (Å²) in [5, 5.41) is 22.2. The Balaban J connectivity index is 1.32. The maximum atomic E-state index is 14.9. The van der Waals surface area contributed by atoms with Crippen LogP contribution in [-0.2, 0) is 35.3 Å². The van der Waals surface area contributed by atoms with Gasteiger partial charge in [0.1, 0.15) is 30.4 Å². The van der Waals surface area contributed by atoms with Crippen molar-refractivity contribution >= 4 is 34.7 Å². The van der Waals surface area contributed by atoms with Crippen LogP contribution in [0.4, 0.5) is 0 Å². The molecule has 3 saturated heterocycles. The fourth-order valence-corrected chi connectivity index (χ4v) is 8.02. The van der Waals surface area contributed by atoms with Crippen LogP contribution in [0.15, 0.2) is 79.9 Å². The van der Waals surface area contributed by atoms with Crippen LogP contribution in [0.25, 0.3) is 11.0 Å². The zero-order chi connectivity index (χ0) is 36.3. The van der Waals surface area contributed by atoms with Crippen molar-refractivity contribution in [2.75, 3.05) is 19.8 Å². The molecule has 0 radical (unpaired) electrons. The minimum Gasteiger partial charge on any atom is -0.463 e. The lowest BCUT2D eigenvalue weighted by molar-refractivity contribution is -0.153. The molecule has 0 aliphatic carbocycles. The largest absolute Gasteiger partial charge is 0.463 e. The third-order valence-corrected chi connectivity index (χ3v) is 10.5. The number of fused-ring (bicyclic) bond motifs is 2. The van der Waals surface area contributed by atoms with Gasteiger partial charge in [-0.2, -0.15) is 0 Å². The Bertz CT molecular complexity index is 1780. The Labute approximate surface area is 297 Å². The SMILES string of the molecule is C=CCCC(=O)OC[C@H](NC(=O)[C@@H]1[C@H]2C(=O)N([C@@H](CO)C(C)C)[C@H](C(=O)N(CC=C)Cn3nnc4ccccc43)[C@]23CC[C@H]1O3)c1ccccc1. The molecule has 2 bridgehead atoms. The van der Waals surface area contributed by atoms with E-state index in [1.807, 2.05) is 68.4 Å². The van der Waals surface area contributed by atoms with E-state index in [2.05, 4.69) is 28.8 Å². The number of para-hydroxylation sites is 1. The van der Waals surface area contributed by atoms with E-state index in [1.54, 1.807) is 21.7 Å². The van der Waals surface area contributed by atoms with Gasteiger partial charge in [-0.15, -0.1) is 18.3 Å². The molecule has 3 aliphatic rings. The number of benzene rings is 2. The lowest BCUT2D eigenvalue weighted by Crippen LogP contribution is -2.59. The Kier molecular flexibility index (Phi) is 10.7. The summed E-state index contributed by atoms with van der Waals surface area (Å²) in [5.41, 5.74) is 0.840. The number of ether oxygens (including phenoxy) is 2. The van der Waals surface area contributed by atoms with Crippen LogP contribution >= 0.6 is 0 Å². The van der Waals surface area contributed by atoms with Gasteiger partial charge in [0, 0.05) is 13.0 Å². The van der Waals surface area contributed by atoms with Gasteiger partial charge in [0.15, 0.2) is 0 Å². The first kappa shape index (κ1) is 35.9. The van der Waals surface area contributed by atoms with E-state index in [-0.39, 0.29) is 44.7 Å². The predicted molar refractivity (Wildman–Crippen MR) is 187 cm³/mol. The van der Waals surface area contributed by atoms with Crippen molar-refractivity contribution in [1.82, 2.24) is 30.1 Å². The zero-order valence-corrected chi connectivity index (χ0v) is 29.1. The second-order valence-corrected chi connectivity index (χ2v) is 13.8. The third kappa shape index (κ3) is 6.67. The second-order valence-electron chi connectivity index (χ2n) is 13.8. The standard InChI is InChI=1S/C38H46N6O7/c1-5-7-17-31(46)50-22-27(25-13-9-8-10-14-25)39-35(47)32-30-18-19-38(51-30)33(32)36(48)44(29(21-45)24(3)4)34(38)37(49)42(20-6-2)23-43-28-16-12-11-15-26(28)40-41-43/h5-6,8-16,24,27,29-30,32-34,45H,1-2,7,17-23H2,3-4H3,(H,39,47)/t27-,29-,30+,32-,33-,34+,38-/m0/s1. The monoisotopic (exact) mass is 698 g/mol. The number of aliphatic hydroxyl groups is 1. The normalized spacial score (nSPS) is 24.7. The molecule has 2 N–H and O–H groups in total. The van der Waals surface area contributed by atoms with Gasteiger partial charge >= 0.3 is 5.97 Å². The summed E-state index contributed by atoms with van der Waals surface area (Å²) in [6.07, 6.45) is 4.12. The minimum absolute atomic E-state index is 0.0354. The molecule has 7 atom stereocenters. The lowest BCUT2D eigenvalue weighted by Gasteiger charge is -2.40.